The lowest BCUT2D eigenvalue weighted by molar-refractivity contribution is -0.138. The molecule has 1 aromatic heterocycles. The average Bonchev–Trinajstić information content (AvgIpc) is 3.59. The van der Waals surface area contributed by atoms with Crippen LogP contribution in [0.5, 0.6) is 0 Å². The quantitative estimate of drug-likeness (QED) is 0.397. The van der Waals surface area contributed by atoms with Gasteiger partial charge in [0.15, 0.2) is 0 Å². The van der Waals surface area contributed by atoms with Crippen molar-refractivity contribution in [3.05, 3.63) is 36.2 Å². The van der Waals surface area contributed by atoms with Crippen LogP contribution in [0.25, 0.3) is 21.8 Å². The van der Waals surface area contributed by atoms with Gasteiger partial charge in [0.05, 0.1) is 35.9 Å². The van der Waals surface area contributed by atoms with Crippen molar-refractivity contribution in [1.82, 2.24) is 20.2 Å². The monoisotopic (exact) mass is 562 g/mol. The Labute approximate surface area is 242 Å². The van der Waals surface area contributed by atoms with Crippen LogP contribution in [0.4, 0.5) is 4.79 Å². The van der Waals surface area contributed by atoms with Crippen molar-refractivity contribution in [1.29, 1.82) is 0 Å². The molecule has 0 unspecified atom stereocenters. The minimum Gasteiger partial charge on any atom is -0.453 e. The maximum absolute atomic E-state index is 13.9. The number of amides is 2. The van der Waals surface area contributed by atoms with Gasteiger partial charge in [-0.05, 0) is 69.3 Å². The number of H-pyrrole nitrogens is 1. The molecular weight excluding hydrogens is 519 g/mol. The number of ether oxygens (including phenoxy) is 1. The Bertz CT molecular complexity index is 1440. The zero-order chi connectivity index (χ0) is 29.7. The van der Waals surface area contributed by atoms with E-state index in [0.717, 1.165) is 52.4 Å². The number of hydrogen-bond donors (Lipinski definition) is 2. The molecule has 3 atom stereocenters. The first-order chi connectivity index (χ1) is 19.3. The van der Waals surface area contributed by atoms with E-state index in [9.17, 15) is 9.59 Å². The maximum Gasteiger partial charge on any atom is 0.494 e. The number of rotatable bonds is 7. The summed E-state index contributed by atoms with van der Waals surface area (Å²) in [7, 11) is 0.876. The van der Waals surface area contributed by atoms with E-state index < -0.39 is 30.5 Å². The molecule has 0 bridgehead atoms. The van der Waals surface area contributed by atoms with Crippen molar-refractivity contribution < 1.29 is 23.6 Å². The van der Waals surface area contributed by atoms with Gasteiger partial charge >= 0.3 is 13.2 Å². The number of methoxy groups -OCH3 is 1. The summed E-state index contributed by atoms with van der Waals surface area (Å²) in [6.45, 7) is 14.6. The Balaban J connectivity index is 1.45. The zero-order valence-electron chi connectivity index (χ0n) is 25.5. The summed E-state index contributed by atoms with van der Waals surface area (Å²) in [5.41, 5.74) is 1.92. The van der Waals surface area contributed by atoms with Crippen LogP contribution < -0.4 is 10.8 Å². The number of aromatic amines is 1. The van der Waals surface area contributed by atoms with Gasteiger partial charge in [-0.15, -0.1) is 0 Å². The van der Waals surface area contributed by atoms with Crippen LogP contribution in [-0.2, 0) is 25.4 Å². The molecule has 1 saturated carbocycles. The molecule has 1 aliphatic heterocycles. The minimum absolute atomic E-state index is 0.0793. The predicted molar refractivity (Wildman–Crippen MR) is 161 cm³/mol. The van der Waals surface area contributed by atoms with Crippen molar-refractivity contribution in [3.8, 4) is 0 Å². The third-order valence-corrected chi connectivity index (χ3v) is 9.28. The van der Waals surface area contributed by atoms with Gasteiger partial charge in [0.1, 0.15) is 11.9 Å². The van der Waals surface area contributed by atoms with Gasteiger partial charge in [-0.25, -0.2) is 9.78 Å². The smallest absolute Gasteiger partial charge is 0.453 e. The van der Waals surface area contributed by atoms with E-state index in [4.69, 9.17) is 19.0 Å². The Morgan fingerprint density at radius 3 is 2.46 bits per heavy atom. The molecule has 0 spiro atoms. The number of aromatic nitrogens is 2. The molecular formula is C31H43BN4O5. The van der Waals surface area contributed by atoms with E-state index in [-0.39, 0.29) is 17.9 Å². The number of fused-ring (bicyclic) bond motifs is 3. The van der Waals surface area contributed by atoms with Crippen LogP contribution in [0.1, 0.15) is 73.6 Å². The van der Waals surface area contributed by atoms with Gasteiger partial charge in [0.2, 0.25) is 5.91 Å². The lowest BCUT2D eigenvalue weighted by Gasteiger charge is -2.35. The van der Waals surface area contributed by atoms with Gasteiger partial charge in [0.25, 0.3) is 0 Å². The van der Waals surface area contributed by atoms with Gasteiger partial charge in [0, 0.05) is 11.4 Å². The highest BCUT2D eigenvalue weighted by molar-refractivity contribution is 6.62. The molecule has 3 aromatic rings. The van der Waals surface area contributed by atoms with Gasteiger partial charge < -0.3 is 29.2 Å². The molecule has 0 radical (unpaired) electrons. The minimum atomic E-state index is -0.686. The fourth-order valence-electron chi connectivity index (χ4n) is 6.06. The molecule has 41 heavy (non-hydrogen) atoms. The number of nitrogens with zero attached hydrogens (tertiary/aromatic N) is 2. The van der Waals surface area contributed by atoms with E-state index in [1.54, 1.807) is 0 Å². The highest BCUT2D eigenvalue weighted by Gasteiger charge is 2.51. The summed E-state index contributed by atoms with van der Waals surface area (Å²) in [6.07, 6.45) is 2.47. The molecule has 220 valence electrons. The molecule has 2 heterocycles. The number of carbonyl (C=O) groups is 2. The maximum atomic E-state index is 13.9. The number of alkyl carbamates (subject to hydrolysis) is 1. The highest BCUT2D eigenvalue weighted by Crippen LogP contribution is 2.37. The van der Waals surface area contributed by atoms with Crippen LogP contribution in [0.2, 0.25) is 0 Å². The Morgan fingerprint density at radius 1 is 1.15 bits per heavy atom. The highest BCUT2D eigenvalue weighted by atomic mass is 16.7. The standard InChI is InChI=1S/C31H43BN4O5/c1-18(2)26(35-29(38)39-8)28(37)36(24-11-9-10-19(24)3)17-25-33-23-15-12-20-16-21(13-14-22(20)27(23)34-25)32-40-30(4,5)31(6,7)41-32/h12-16,18-19,24,26H,9-11,17H2,1-8H3,(H,33,34)(H,35,38)/t19-,24+,26+/m1/s1. The first-order valence-electron chi connectivity index (χ1n) is 14.7. The number of carbonyl (C=O) groups excluding carboxylic acids is 2. The number of imidazole rings is 1. The van der Waals surface area contributed by atoms with Crippen LogP contribution in [0.3, 0.4) is 0 Å². The van der Waals surface area contributed by atoms with Crippen LogP contribution in [0, 0.1) is 11.8 Å². The van der Waals surface area contributed by atoms with Gasteiger partial charge in [-0.2, -0.15) is 0 Å². The fourth-order valence-corrected chi connectivity index (χ4v) is 6.06. The van der Waals surface area contributed by atoms with E-state index in [1.807, 2.05) is 30.9 Å². The summed E-state index contributed by atoms with van der Waals surface area (Å²) in [5.74, 6) is 0.874. The molecule has 9 nitrogen and oxygen atoms in total. The van der Waals surface area contributed by atoms with Crippen LogP contribution in [0.15, 0.2) is 30.3 Å². The predicted octanol–water partition coefficient (Wildman–Crippen LogP) is 4.91. The third-order valence-electron chi connectivity index (χ3n) is 9.28. The van der Waals surface area contributed by atoms with Crippen molar-refractivity contribution in [2.24, 2.45) is 11.8 Å². The molecule has 5 rings (SSSR count). The molecule has 2 amide bonds. The van der Waals surface area contributed by atoms with Crippen molar-refractivity contribution in [3.63, 3.8) is 0 Å². The molecule has 2 aromatic carbocycles. The Hall–Kier alpha value is -3.11. The van der Waals surface area contributed by atoms with E-state index in [2.05, 4.69) is 63.1 Å². The Morgan fingerprint density at radius 2 is 1.85 bits per heavy atom. The van der Waals surface area contributed by atoms with Gasteiger partial charge in [-0.1, -0.05) is 51.5 Å². The van der Waals surface area contributed by atoms with E-state index >= 15 is 0 Å². The van der Waals surface area contributed by atoms with Crippen molar-refractivity contribution in [2.45, 2.75) is 97.6 Å². The zero-order valence-corrected chi connectivity index (χ0v) is 25.5. The largest absolute Gasteiger partial charge is 0.494 e. The third kappa shape index (κ3) is 5.56. The second-order valence-electron chi connectivity index (χ2n) is 13.0. The number of nitrogens with one attached hydrogen (secondary N) is 2. The van der Waals surface area contributed by atoms with Gasteiger partial charge in [-0.3, -0.25) is 4.79 Å². The summed E-state index contributed by atoms with van der Waals surface area (Å²) < 4.78 is 17.3. The second kappa shape index (κ2) is 10.9. The fraction of sp³-hybridized carbons (Fsp3) is 0.581. The normalized spacial score (nSPS) is 22.4. The number of hydrogen-bond acceptors (Lipinski definition) is 6. The molecule has 2 aliphatic rings. The molecule has 10 heteroatoms. The average molecular weight is 563 g/mol. The molecule has 2 N–H and O–H groups in total. The summed E-state index contributed by atoms with van der Waals surface area (Å²) >= 11 is 0. The first-order valence-corrected chi connectivity index (χ1v) is 14.7. The topological polar surface area (TPSA) is 106 Å². The SMILES string of the molecule is COC(=O)N[C@H](C(=O)N(Cc1nc2c(ccc3cc(B4OC(C)(C)C(C)(C)O4)ccc32)[nH]1)[C@H]1CCC[C@H]1C)C(C)C. The Kier molecular flexibility index (Phi) is 7.85. The van der Waals surface area contributed by atoms with Crippen molar-refractivity contribution in [2.75, 3.05) is 7.11 Å². The summed E-state index contributed by atoms with van der Waals surface area (Å²) in [6, 6.07) is 9.71. The molecule has 1 saturated heterocycles. The first kappa shape index (κ1) is 29.4. The van der Waals surface area contributed by atoms with E-state index in [0.29, 0.717) is 12.5 Å². The van der Waals surface area contributed by atoms with Crippen LogP contribution >= 0.6 is 0 Å². The molecule has 1 aliphatic carbocycles. The lowest BCUT2D eigenvalue weighted by atomic mass is 9.78. The molecule has 2 fully saturated rings. The number of benzene rings is 2. The van der Waals surface area contributed by atoms with E-state index in [1.165, 1.54) is 7.11 Å². The summed E-state index contributed by atoms with van der Waals surface area (Å²) in [4.78, 5) is 36.4. The van der Waals surface area contributed by atoms with Crippen molar-refractivity contribution >= 4 is 46.4 Å². The van der Waals surface area contributed by atoms with Crippen LogP contribution in [-0.4, -0.2) is 64.4 Å². The summed E-state index contributed by atoms with van der Waals surface area (Å²) in [5, 5.41) is 4.82. The lowest BCUT2D eigenvalue weighted by Crippen LogP contribution is -2.54. The second-order valence-corrected chi connectivity index (χ2v) is 13.0.